The van der Waals surface area contributed by atoms with Crippen LogP contribution < -0.4 is 0 Å². The molecule has 5 heteroatoms. The highest BCUT2D eigenvalue weighted by Crippen LogP contribution is 1.98. The first-order chi connectivity index (χ1) is 5.70. The molecular weight excluding hydrogens is 188 g/mol. The van der Waals surface area contributed by atoms with Crippen molar-refractivity contribution in [2.45, 2.75) is 19.0 Å². The number of carbonyl (C=O) groups is 1. The van der Waals surface area contributed by atoms with E-state index in [-0.39, 0.29) is 5.97 Å². The third-order valence-electron chi connectivity index (χ3n) is 1.26. The third kappa shape index (κ3) is 6.32. The third-order valence-corrected chi connectivity index (χ3v) is 3.71. The van der Waals surface area contributed by atoms with Gasteiger partial charge < -0.3 is 8.85 Å². The molecule has 0 aromatic heterocycles. The van der Waals surface area contributed by atoms with E-state index in [9.17, 15) is 4.79 Å². The van der Waals surface area contributed by atoms with Gasteiger partial charge in [-0.2, -0.15) is 0 Å². The van der Waals surface area contributed by atoms with E-state index in [0.717, 1.165) is 12.5 Å². The fraction of sp³-hybridized carbons (Fsp3) is 0.571. The summed E-state index contributed by atoms with van der Waals surface area (Å²) in [6, 6.07) is 0.957. The zero-order valence-electron chi connectivity index (χ0n) is 7.13. The van der Waals surface area contributed by atoms with Crippen molar-refractivity contribution < 1.29 is 13.6 Å². The van der Waals surface area contributed by atoms with Crippen LogP contribution in [-0.2, 0) is 13.6 Å². The first-order valence-electron chi connectivity index (χ1n) is 3.66. The maximum Gasteiger partial charge on any atom is 0.330 e. The first kappa shape index (κ1) is 11.6. The van der Waals surface area contributed by atoms with E-state index >= 15 is 0 Å². The van der Waals surface area contributed by atoms with Gasteiger partial charge in [-0.15, -0.1) is 0 Å². The Balaban J connectivity index is 3.21. The largest absolute Gasteiger partial charge is 0.463 e. The Hall–Kier alpha value is -0.396. The number of rotatable bonds is 6. The number of carbonyl (C=O) groups excluding carboxylic acids is 1. The highest BCUT2D eigenvalue weighted by Gasteiger charge is 2.03. The predicted molar refractivity (Wildman–Crippen MR) is 49.0 cm³/mol. The molecule has 0 spiro atoms. The zero-order valence-corrected chi connectivity index (χ0v) is 9.13. The van der Waals surface area contributed by atoms with E-state index in [2.05, 4.69) is 17.1 Å². The average Bonchev–Trinajstić information content (AvgIpc) is 2.11. The summed E-state index contributed by atoms with van der Waals surface area (Å²) in [5.74, 6) is -0.362. The van der Waals surface area contributed by atoms with Crippen LogP contribution in [0.25, 0.3) is 0 Å². The minimum absolute atomic E-state index is 0.362. The van der Waals surface area contributed by atoms with Gasteiger partial charge in [0.25, 0.3) is 0 Å². The number of hydrogen-bond donors (Lipinski definition) is 0. The lowest BCUT2D eigenvalue weighted by Gasteiger charge is -2.05. The van der Waals surface area contributed by atoms with Gasteiger partial charge in [0.05, 0.1) is 6.61 Å². The zero-order chi connectivity index (χ0) is 9.40. The predicted octanol–water partition coefficient (Wildman–Crippen LogP) is 0.827. The van der Waals surface area contributed by atoms with Crippen LogP contribution in [0.2, 0.25) is 12.6 Å². The molecule has 12 heavy (non-hydrogen) atoms. The first-order valence-corrected chi connectivity index (χ1v) is 6.18. The van der Waals surface area contributed by atoms with Gasteiger partial charge >= 0.3 is 5.97 Å². The summed E-state index contributed by atoms with van der Waals surface area (Å²) in [4.78, 5) is 10.6. The monoisotopic (exact) mass is 200 g/mol. The molecule has 0 aromatic carbocycles. The Morgan fingerprint density at radius 2 is 2.42 bits per heavy atom. The Morgan fingerprint density at radius 1 is 1.75 bits per heavy atom. The number of esters is 1. The molecule has 0 bridgehead atoms. The molecule has 0 heterocycles. The van der Waals surface area contributed by atoms with Crippen LogP contribution in [0.15, 0.2) is 12.7 Å². The summed E-state index contributed by atoms with van der Waals surface area (Å²) in [6.45, 7) is 5.77. The van der Waals surface area contributed by atoms with Crippen molar-refractivity contribution in [1.29, 1.82) is 0 Å². The Labute approximate surface area is 78.0 Å². The van der Waals surface area contributed by atoms with Gasteiger partial charge in [0.1, 0.15) is 0 Å². The summed E-state index contributed by atoms with van der Waals surface area (Å²) in [6.07, 6.45) is 2.01. The molecule has 0 aliphatic heterocycles. The second-order valence-electron chi connectivity index (χ2n) is 2.28. The van der Waals surface area contributed by atoms with Gasteiger partial charge in [-0.3, -0.25) is 0 Å². The van der Waals surface area contributed by atoms with Crippen LogP contribution in [0.3, 0.4) is 0 Å². The van der Waals surface area contributed by atoms with Gasteiger partial charge in [-0.25, -0.2) is 4.79 Å². The van der Waals surface area contributed by atoms with Gasteiger partial charge in [0.2, 0.25) is 10.5 Å². The van der Waals surface area contributed by atoms with E-state index in [1.165, 1.54) is 6.08 Å². The van der Waals surface area contributed by atoms with Crippen molar-refractivity contribution in [1.82, 2.24) is 0 Å². The molecular formula is C7H12O3Si2. The normalized spacial score (nSPS) is 9.92. The van der Waals surface area contributed by atoms with Crippen molar-refractivity contribution in [2.75, 3.05) is 6.61 Å². The second-order valence-corrected chi connectivity index (χ2v) is 5.00. The van der Waals surface area contributed by atoms with E-state index in [0.29, 0.717) is 6.61 Å². The molecule has 0 amide bonds. The molecule has 3 nitrogen and oxygen atoms in total. The van der Waals surface area contributed by atoms with Crippen LogP contribution in [0.4, 0.5) is 0 Å². The van der Waals surface area contributed by atoms with Crippen molar-refractivity contribution >= 4 is 25.5 Å². The van der Waals surface area contributed by atoms with E-state index in [1.807, 2.05) is 6.55 Å². The molecule has 0 atom stereocenters. The van der Waals surface area contributed by atoms with Crippen molar-refractivity contribution in [3.8, 4) is 0 Å². The topological polar surface area (TPSA) is 35.5 Å². The Bertz CT molecular complexity index is 150. The quantitative estimate of drug-likeness (QED) is 0.276. The minimum Gasteiger partial charge on any atom is -0.463 e. The lowest BCUT2D eigenvalue weighted by molar-refractivity contribution is -0.137. The molecule has 0 aliphatic rings. The smallest absolute Gasteiger partial charge is 0.330 e. The van der Waals surface area contributed by atoms with E-state index in [4.69, 9.17) is 8.85 Å². The van der Waals surface area contributed by atoms with Crippen LogP contribution >= 0.6 is 0 Å². The molecule has 0 aromatic rings. The Morgan fingerprint density at radius 3 is 2.92 bits per heavy atom. The van der Waals surface area contributed by atoms with Crippen LogP contribution in [-0.4, -0.2) is 32.1 Å². The summed E-state index contributed by atoms with van der Waals surface area (Å²) in [5.41, 5.74) is 0. The lowest BCUT2D eigenvalue weighted by atomic mass is 10.5. The fourth-order valence-electron chi connectivity index (χ4n) is 0.604. The number of ether oxygens (including phenoxy) is 1. The molecule has 0 rings (SSSR count). The van der Waals surface area contributed by atoms with E-state index in [1.54, 1.807) is 0 Å². The van der Waals surface area contributed by atoms with Gasteiger partial charge in [-0.05, 0) is 19.0 Å². The lowest BCUT2D eigenvalue weighted by Crippen LogP contribution is -2.12. The maximum absolute atomic E-state index is 10.6. The van der Waals surface area contributed by atoms with Gasteiger partial charge in [0.15, 0.2) is 9.04 Å². The molecule has 0 unspecified atom stereocenters. The Kier molecular flexibility index (Phi) is 7.02. The summed E-state index contributed by atoms with van der Waals surface area (Å²) in [5, 5.41) is 0. The molecule has 0 aliphatic carbocycles. The highest BCUT2D eigenvalue weighted by molar-refractivity contribution is 6.54. The fourth-order valence-corrected chi connectivity index (χ4v) is 1.65. The average molecular weight is 200 g/mol. The molecule has 0 saturated carbocycles. The molecule has 4 radical (unpaired) electrons. The van der Waals surface area contributed by atoms with Crippen LogP contribution in [0, 0.1) is 0 Å². The van der Waals surface area contributed by atoms with Gasteiger partial charge in [-0.1, -0.05) is 6.58 Å². The SMILES string of the molecule is C=CC(=O)OCCC[Si](C)O[Si]. The highest BCUT2D eigenvalue weighted by atomic mass is 28.3. The molecule has 66 valence electrons. The van der Waals surface area contributed by atoms with Crippen LogP contribution in [0.1, 0.15) is 6.42 Å². The minimum atomic E-state index is -0.737. The summed E-state index contributed by atoms with van der Waals surface area (Å²) >= 11 is 0. The standard InChI is InChI=1S/C7H12O3Si2/c1-3-7(8)9-5-4-6-12(2)10-11/h3H,1,4-6H2,2H3. The van der Waals surface area contributed by atoms with Crippen molar-refractivity contribution in [3.63, 3.8) is 0 Å². The van der Waals surface area contributed by atoms with Crippen molar-refractivity contribution in [3.05, 3.63) is 12.7 Å². The molecule has 0 saturated heterocycles. The van der Waals surface area contributed by atoms with Crippen LogP contribution in [0.5, 0.6) is 0 Å². The summed E-state index contributed by atoms with van der Waals surface area (Å²) in [7, 11) is 2.24. The second kappa shape index (κ2) is 7.26. The number of hydrogen-bond acceptors (Lipinski definition) is 3. The maximum atomic E-state index is 10.6. The van der Waals surface area contributed by atoms with Gasteiger partial charge in [0, 0.05) is 6.08 Å². The van der Waals surface area contributed by atoms with E-state index < -0.39 is 9.04 Å². The molecule has 0 N–H and O–H groups in total. The molecule has 0 fully saturated rings. The van der Waals surface area contributed by atoms with Crippen molar-refractivity contribution in [2.24, 2.45) is 0 Å². The summed E-state index contributed by atoms with van der Waals surface area (Å²) < 4.78 is 9.70.